The van der Waals surface area contributed by atoms with Crippen molar-refractivity contribution in [1.29, 1.82) is 0 Å². The maximum absolute atomic E-state index is 5.75. The molecule has 2 bridgehead atoms. The number of morpholine rings is 1. The van der Waals surface area contributed by atoms with Crippen LogP contribution in [0.4, 0.5) is 0 Å². The number of pyridine rings is 2. The van der Waals surface area contributed by atoms with Gasteiger partial charge in [-0.15, -0.1) is 11.8 Å². The van der Waals surface area contributed by atoms with Crippen molar-refractivity contribution in [2.75, 3.05) is 19.5 Å². The molecule has 3 aliphatic rings. The minimum atomic E-state index is 0.655. The lowest BCUT2D eigenvalue weighted by atomic mass is 9.87. The van der Waals surface area contributed by atoms with Crippen LogP contribution in [0.25, 0.3) is 44.5 Å². The van der Waals surface area contributed by atoms with E-state index in [1.807, 2.05) is 18.5 Å². The summed E-state index contributed by atoms with van der Waals surface area (Å²) >= 11 is 1.73. The molecule has 3 atom stereocenters. The van der Waals surface area contributed by atoms with E-state index < -0.39 is 0 Å². The highest BCUT2D eigenvalue weighted by Crippen LogP contribution is 2.38. The standard InChI is InChI=1S/C35H34N4OS/c1-41-33-3-2-14-36-34(33)24-7-5-23(6-8-24)32-19-38-35-31(32)16-27(18-37-35)26-9-4-22-10-12-28(13-11-25(22)15-26)39-29-17-30(39)21-40-20-29/h2-9,14-16,18-19,28-30H,10-13,17,20-21H2,1H3,(H,37,38). The Kier molecular flexibility index (Phi) is 6.43. The summed E-state index contributed by atoms with van der Waals surface area (Å²) in [5.74, 6) is 0. The SMILES string of the molecule is CSc1cccnc1-c1ccc(-c2c[nH]c3ncc(-c4ccc5c(c4)CCC(N4C6COCC4C6)CC5)cc23)cc1. The Morgan fingerprint density at radius 2 is 1.61 bits per heavy atom. The van der Waals surface area contributed by atoms with Gasteiger partial charge in [0.15, 0.2) is 0 Å². The quantitative estimate of drug-likeness (QED) is 0.180. The van der Waals surface area contributed by atoms with Crippen molar-refractivity contribution in [2.24, 2.45) is 0 Å². The Bertz CT molecular complexity index is 1710. The third-order valence-electron chi connectivity index (χ3n) is 9.45. The summed E-state index contributed by atoms with van der Waals surface area (Å²) in [6.45, 7) is 1.85. The van der Waals surface area contributed by atoms with Gasteiger partial charge >= 0.3 is 0 Å². The molecule has 5 aromatic rings. The molecule has 2 saturated heterocycles. The molecule has 206 valence electrons. The molecule has 2 aliphatic heterocycles. The normalized spacial score (nSPS) is 22.2. The second-order valence-electron chi connectivity index (χ2n) is 11.7. The van der Waals surface area contributed by atoms with Crippen molar-refractivity contribution in [2.45, 2.75) is 55.1 Å². The maximum atomic E-state index is 5.75. The van der Waals surface area contributed by atoms with Gasteiger partial charge in [-0.1, -0.05) is 42.5 Å². The second kappa shape index (κ2) is 10.4. The van der Waals surface area contributed by atoms with Gasteiger partial charge in [-0.05, 0) is 78.8 Å². The molecule has 0 saturated carbocycles. The Hall–Kier alpha value is -3.45. The highest BCUT2D eigenvalue weighted by molar-refractivity contribution is 7.98. The fourth-order valence-electron chi connectivity index (χ4n) is 7.31. The number of thioether (sulfide) groups is 1. The van der Waals surface area contributed by atoms with Crippen molar-refractivity contribution >= 4 is 22.8 Å². The minimum absolute atomic E-state index is 0.655. The first-order valence-electron chi connectivity index (χ1n) is 14.8. The van der Waals surface area contributed by atoms with Gasteiger partial charge in [-0.2, -0.15) is 0 Å². The summed E-state index contributed by atoms with van der Waals surface area (Å²) in [4.78, 5) is 16.8. The number of H-pyrrole nitrogens is 1. The van der Waals surface area contributed by atoms with E-state index in [0.717, 1.165) is 41.9 Å². The monoisotopic (exact) mass is 558 g/mol. The summed E-state index contributed by atoms with van der Waals surface area (Å²) in [7, 11) is 0. The van der Waals surface area contributed by atoms with Crippen molar-refractivity contribution in [1.82, 2.24) is 19.9 Å². The first-order valence-corrected chi connectivity index (χ1v) is 16.0. The van der Waals surface area contributed by atoms with Crippen LogP contribution in [0.2, 0.25) is 0 Å². The summed E-state index contributed by atoms with van der Waals surface area (Å²) in [6.07, 6.45) is 14.2. The molecule has 1 N–H and O–H groups in total. The van der Waals surface area contributed by atoms with Gasteiger partial charge < -0.3 is 9.72 Å². The molecule has 41 heavy (non-hydrogen) atoms. The number of fused-ring (bicyclic) bond motifs is 4. The van der Waals surface area contributed by atoms with Crippen molar-refractivity contribution in [3.63, 3.8) is 0 Å². The maximum Gasteiger partial charge on any atom is 0.137 e. The van der Waals surface area contributed by atoms with Crippen molar-refractivity contribution < 1.29 is 4.74 Å². The predicted octanol–water partition coefficient (Wildman–Crippen LogP) is 7.40. The van der Waals surface area contributed by atoms with Gasteiger partial charge in [0.1, 0.15) is 5.65 Å². The minimum Gasteiger partial charge on any atom is -0.378 e. The molecular weight excluding hydrogens is 524 g/mol. The molecule has 5 heterocycles. The number of nitrogens with one attached hydrogen (secondary N) is 1. The Balaban J connectivity index is 1.06. The second-order valence-corrected chi connectivity index (χ2v) is 12.5. The molecular formula is C35H34N4OS. The summed E-state index contributed by atoms with van der Waals surface area (Å²) < 4.78 is 5.75. The topological polar surface area (TPSA) is 54.0 Å². The zero-order chi connectivity index (χ0) is 27.3. The van der Waals surface area contributed by atoms with Gasteiger partial charge in [0.2, 0.25) is 0 Å². The molecule has 3 aromatic heterocycles. The predicted molar refractivity (Wildman–Crippen MR) is 167 cm³/mol. The van der Waals surface area contributed by atoms with Crippen LogP contribution >= 0.6 is 11.8 Å². The number of hydrogen-bond donors (Lipinski definition) is 1. The van der Waals surface area contributed by atoms with Crippen LogP contribution in [-0.2, 0) is 17.6 Å². The molecule has 0 amide bonds. The fourth-order valence-corrected chi connectivity index (χ4v) is 7.89. The van der Waals surface area contributed by atoms with E-state index in [-0.39, 0.29) is 0 Å². The van der Waals surface area contributed by atoms with Crippen LogP contribution < -0.4 is 0 Å². The van der Waals surface area contributed by atoms with E-state index in [1.54, 1.807) is 11.8 Å². The molecule has 0 radical (unpaired) electrons. The smallest absolute Gasteiger partial charge is 0.137 e. The Labute approximate surface area is 245 Å². The number of aromatic amines is 1. The van der Waals surface area contributed by atoms with Crippen LogP contribution in [0.3, 0.4) is 0 Å². The van der Waals surface area contributed by atoms with E-state index in [1.165, 1.54) is 64.0 Å². The highest BCUT2D eigenvalue weighted by Gasteiger charge is 2.45. The van der Waals surface area contributed by atoms with E-state index in [4.69, 9.17) is 9.72 Å². The Morgan fingerprint density at radius 1 is 0.829 bits per heavy atom. The highest BCUT2D eigenvalue weighted by atomic mass is 32.2. The van der Waals surface area contributed by atoms with Gasteiger partial charge in [0.05, 0.1) is 18.9 Å². The molecule has 8 rings (SSSR count). The largest absolute Gasteiger partial charge is 0.378 e. The van der Waals surface area contributed by atoms with E-state index in [9.17, 15) is 0 Å². The van der Waals surface area contributed by atoms with Gasteiger partial charge in [-0.25, -0.2) is 4.98 Å². The van der Waals surface area contributed by atoms with Crippen molar-refractivity contribution in [3.8, 4) is 33.5 Å². The molecule has 5 nitrogen and oxygen atoms in total. The molecule has 0 spiro atoms. The third-order valence-corrected chi connectivity index (χ3v) is 10.2. The molecule has 6 heteroatoms. The van der Waals surface area contributed by atoms with Crippen LogP contribution in [0, 0.1) is 0 Å². The fraction of sp³-hybridized carbons (Fsp3) is 0.314. The van der Waals surface area contributed by atoms with Crippen LogP contribution in [-0.4, -0.2) is 57.4 Å². The number of aryl methyl sites for hydroxylation is 2. The average Bonchev–Trinajstić information content (AvgIpc) is 3.35. The first kappa shape index (κ1) is 25.3. The van der Waals surface area contributed by atoms with Crippen LogP contribution in [0.15, 0.2) is 84.1 Å². The number of nitrogens with zero attached hydrogens (tertiary/aromatic N) is 3. The molecule has 2 aromatic carbocycles. The number of rotatable bonds is 5. The lowest BCUT2D eigenvalue weighted by Crippen LogP contribution is -2.66. The zero-order valence-electron chi connectivity index (χ0n) is 23.3. The molecule has 3 unspecified atom stereocenters. The van der Waals surface area contributed by atoms with Gasteiger partial charge in [0.25, 0.3) is 0 Å². The van der Waals surface area contributed by atoms with E-state index in [0.29, 0.717) is 18.1 Å². The lowest BCUT2D eigenvalue weighted by Gasteiger charge is -2.56. The number of benzene rings is 2. The number of aromatic nitrogens is 3. The summed E-state index contributed by atoms with van der Waals surface area (Å²) in [6, 6.07) is 24.3. The van der Waals surface area contributed by atoms with E-state index in [2.05, 4.69) is 81.9 Å². The van der Waals surface area contributed by atoms with Crippen LogP contribution in [0.1, 0.15) is 30.4 Å². The van der Waals surface area contributed by atoms with Gasteiger partial charge in [0, 0.05) is 63.7 Å². The Morgan fingerprint density at radius 3 is 2.41 bits per heavy atom. The van der Waals surface area contributed by atoms with Crippen molar-refractivity contribution in [3.05, 3.63) is 90.4 Å². The lowest BCUT2D eigenvalue weighted by molar-refractivity contribution is -0.148. The zero-order valence-corrected chi connectivity index (χ0v) is 24.2. The molecule has 1 aliphatic carbocycles. The summed E-state index contributed by atoms with van der Waals surface area (Å²) in [5, 5.41) is 1.15. The summed E-state index contributed by atoms with van der Waals surface area (Å²) in [5.41, 5.74) is 10.9. The third kappa shape index (κ3) is 4.49. The first-order chi connectivity index (χ1) is 20.2. The number of ether oxygens (including phenoxy) is 1. The van der Waals surface area contributed by atoms with Gasteiger partial charge in [-0.3, -0.25) is 9.88 Å². The van der Waals surface area contributed by atoms with E-state index >= 15 is 0 Å². The van der Waals surface area contributed by atoms with Crippen LogP contribution in [0.5, 0.6) is 0 Å². The number of hydrogen-bond acceptors (Lipinski definition) is 5. The molecule has 2 fully saturated rings. The average molecular weight is 559 g/mol.